The minimum absolute atomic E-state index is 0.0255. The molecule has 1 unspecified atom stereocenters. The summed E-state index contributed by atoms with van der Waals surface area (Å²) in [5.74, 6) is 6.05. The first kappa shape index (κ1) is 23.5. The van der Waals surface area contributed by atoms with Crippen LogP contribution in [-0.4, -0.2) is 11.6 Å². The molecule has 9 atom stereocenters. The summed E-state index contributed by atoms with van der Waals surface area (Å²) in [6, 6.07) is 0. The predicted molar refractivity (Wildman–Crippen MR) is 128 cm³/mol. The molecule has 0 aromatic rings. The van der Waals surface area contributed by atoms with Gasteiger partial charge in [0.05, 0.1) is 0 Å². The van der Waals surface area contributed by atoms with Crippen LogP contribution in [0.2, 0.25) is 0 Å². The quantitative estimate of drug-likeness (QED) is 0.439. The molecular weight excluding hydrogens is 380 g/mol. The molecule has 4 saturated carbocycles. The van der Waals surface area contributed by atoms with Crippen molar-refractivity contribution in [2.75, 3.05) is 0 Å². The van der Waals surface area contributed by atoms with Crippen molar-refractivity contribution in [1.82, 2.24) is 0 Å². The Morgan fingerprint density at radius 3 is 2.29 bits per heavy atom. The molecule has 4 fully saturated rings. The number of Topliss-reactive ketones (excluding diaryl/α,β-unsaturated/α-hetero) is 2. The van der Waals surface area contributed by atoms with Gasteiger partial charge in [0.1, 0.15) is 11.6 Å². The highest BCUT2D eigenvalue weighted by Gasteiger charge is 2.62. The molecule has 2 nitrogen and oxygen atoms in total. The lowest BCUT2D eigenvalue weighted by molar-refractivity contribution is -0.159. The number of hydrogen-bond acceptors (Lipinski definition) is 2. The third-order valence-corrected chi connectivity index (χ3v) is 11.5. The molecule has 4 aliphatic rings. The minimum atomic E-state index is 0.0255. The van der Waals surface area contributed by atoms with Gasteiger partial charge in [-0.15, -0.1) is 0 Å². The van der Waals surface area contributed by atoms with E-state index in [1.807, 2.05) is 0 Å². The highest BCUT2D eigenvalue weighted by molar-refractivity contribution is 5.90. The van der Waals surface area contributed by atoms with E-state index < -0.39 is 0 Å². The Bertz CT molecular complexity index is 695. The molecule has 2 heteroatoms. The summed E-state index contributed by atoms with van der Waals surface area (Å²) >= 11 is 0. The average molecular weight is 429 g/mol. The van der Waals surface area contributed by atoms with E-state index in [4.69, 9.17) is 0 Å². The maximum atomic E-state index is 13.3. The molecular formula is C29H48O2. The van der Waals surface area contributed by atoms with Crippen molar-refractivity contribution in [1.29, 1.82) is 0 Å². The van der Waals surface area contributed by atoms with Gasteiger partial charge in [0, 0.05) is 25.2 Å². The Kier molecular flexibility index (Phi) is 6.52. The average Bonchev–Trinajstić information content (AvgIpc) is 3.07. The molecule has 31 heavy (non-hydrogen) atoms. The third-order valence-electron chi connectivity index (χ3n) is 11.5. The molecule has 0 bridgehead atoms. The van der Waals surface area contributed by atoms with Gasteiger partial charge in [-0.05, 0) is 90.8 Å². The van der Waals surface area contributed by atoms with E-state index in [0.717, 1.165) is 42.4 Å². The first-order valence-electron chi connectivity index (χ1n) is 13.7. The summed E-state index contributed by atoms with van der Waals surface area (Å²) in [7, 11) is 0. The van der Waals surface area contributed by atoms with Crippen LogP contribution in [0.25, 0.3) is 0 Å². The largest absolute Gasteiger partial charge is 0.300 e. The Hall–Kier alpha value is -0.660. The van der Waals surface area contributed by atoms with Crippen molar-refractivity contribution in [2.45, 2.75) is 112 Å². The Labute approximate surface area is 191 Å². The van der Waals surface area contributed by atoms with Crippen LogP contribution >= 0.6 is 0 Å². The Morgan fingerprint density at radius 2 is 1.61 bits per heavy atom. The lowest BCUT2D eigenvalue weighted by Gasteiger charge is -2.59. The van der Waals surface area contributed by atoms with Crippen molar-refractivity contribution >= 4 is 11.6 Å². The van der Waals surface area contributed by atoms with Gasteiger partial charge < -0.3 is 0 Å². The van der Waals surface area contributed by atoms with Gasteiger partial charge in [-0.3, -0.25) is 9.59 Å². The summed E-state index contributed by atoms with van der Waals surface area (Å²) < 4.78 is 0. The van der Waals surface area contributed by atoms with Crippen LogP contribution in [0.3, 0.4) is 0 Å². The molecule has 0 aromatic heterocycles. The molecule has 176 valence electrons. The number of ketones is 2. The van der Waals surface area contributed by atoms with Crippen molar-refractivity contribution in [3.05, 3.63) is 0 Å². The summed E-state index contributed by atoms with van der Waals surface area (Å²) in [5, 5.41) is 0. The van der Waals surface area contributed by atoms with Gasteiger partial charge in [0.15, 0.2) is 0 Å². The zero-order chi connectivity index (χ0) is 22.6. The maximum Gasteiger partial charge on any atom is 0.137 e. The van der Waals surface area contributed by atoms with Crippen molar-refractivity contribution < 1.29 is 9.59 Å². The van der Waals surface area contributed by atoms with Crippen LogP contribution < -0.4 is 0 Å². The van der Waals surface area contributed by atoms with Crippen LogP contribution in [0.4, 0.5) is 0 Å². The highest BCUT2D eigenvalue weighted by atomic mass is 16.1. The van der Waals surface area contributed by atoms with Crippen LogP contribution in [0.15, 0.2) is 0 Å². The molecule has 0 heterocycles. The van der Waals surface area contributed by atoms with E-state index in [1.54, 1.807) is 0 Å². The summed E-state index contributed by atoms with van der Waals surface area (Å²) in [6.07, 6.45) is 12.4. The lowest BCUT2D eigenvalue weighted by atomic mass is 9.44. The van der Waals surface area contributed by atoms with E-state index >= 15 is 0 Å². The monoisotopic (exact) mass is 428 g/mol. The van der Waals surface area contributed by atoms with Crippen molar-refractivity contribution in [2.24, 2.45) is 58.2 Å². The smallest absolute Gasteiger partial charge is 0.137 e. The topological polar surface area (TPSA) is 34.1 Å². The fourth-order valence-corrected chi connectivity index (χ4v) is 9.50. The molecule has 0 saturated heterocycles. The Balaban J connectivity index is 1.49. The van der Waals surface area contributed by atoms with Crippen LogP contribution in [0.5, 0.6) is 0 Å². The molecule has 0 N–H and O–H groups in total. The number of carbonyl (C=O) groups is 2. The first-order chi connectivity index (χ1) is 14.6. The number of rotatable bonds is 6. The summed E-state index contributed by atoms with van der Waals surface area (Å²) in [4.78, 5) is 25.4. The van der Waals surface area contributed by atoms with Crippen LogP contribution in [0.1, 0.15) is 112 Å². The van der Waals surface area contributed by atoms with Crippen molar-refractivity contribution in [3.8, 4) is 0 Å². The molecule has 0 radical (unpaired) electrons. The Morgan fingerprint density at radius 1 is 0.903 bits per heavy atom. The standard InChI is InChI=1S/C29H48O2/c1-7-20(18(2)3)9-8-19(4)23-10-11-24-22-17-27(31)26-16-21(30)12-14-29(26,6)25(22)13-15-28(23,24)5/h18-20,22-26H,7-17H2,1-6H3/t19-,20?,22+,23-,24+,25+,26-,28-,29-/m1/s1. The third kappa shape index (κ3) is 3.86. The SMILES string of the molecule is CCC(CC[C@@H](C)[C@H]1CC[C@H]2[C@@H]3CC(=O)[C@H]4CC(=O)CC[C@]4(C)[C@H]3CC[C@]12C)C(C)C. The minimum Gasteiger partial charge on any atom is -0.300 e. The van der Waals surface area contributed by atoms with Gasteiger partial charge in [0.25, 0.3) is 0 Å². The number of fused-ring (bicyclic) bond motifs is 5. The number of carbonyl (C=O) groups excluding carboxylic acids is 2. The fraction of sp³-hybridized carbons (Fsp3) is 0.931. The predicted octanol–water partition coefficient (Wildman–Crippen LogP) is 7.49. The van der Waals surface area contributed by atoms with Gasteiger partial charge >= 0.3 is 0 Å². The second-order valence-electron chi connectivity index (χ2n) is 13.0. The van der Waals surface area contributed by atoms with E-state index in [-0.39, 0.29) is 11.3 Å². The van der Waals surface area contributed by atoms with E-state index in [2.05, 4.69) is 41.5 Å². The van der Waals surface area contributed by atoms with Gasteiger partial charge in [-0.2, -0.15) is 0 Å². The highest BCUT2D eigenvalue weighted by Crippen LogP contribution is 2.67. The summed E-state index contributed by atoms with van der Waals surface area (Å²) in [5.41, 5.74) is 0.513. The maximum absolute atomic E-state index is 13.3. The second kappa shape index (κ2) is 8.60. The van der Waals surface area contributed by atoms with E-state index in [9.17, 15) is 9.59 Å². The second-order valence-corrected chi connectivity index (χ2v) is 13.0. The van der Waals surface area contributed by atoms with Gasteiger partial charge in [0.2, 0.25) is 0 Å². The lowest BCUT2D eigenvalue weighted by Crippen LogP contribution is -2.56. The number of hydrogen-bond donors (Lipinski definition) is 0. The summed E-state index contributed by atoms with van der Waals surface area (Å²) in [6.45, 7) is 14.7. The van der Waals surface area contributed by atoms with E-state index in [0.29, 0.717) is 41.7 Å². The molecule has 0 aliphatic heterocycles. The fourth-order valence-electron chi connectivity index (χ4n) is 9.50. The van der Waals surface area contributed by atoms with Gasteiger partial charge in [-0.25, -0.2) is 0 Å². The normalized spacial score (nSPS) is 44.5. The first-order valence-corrected chi connectivity index (χ1v) is 13.7. The molecule has 4 aliphatic carbocycles. The molecule has 0 amide bonds. The zero-order valence-electron chi connectivity index (χ0n) is 21.2. The zero-order valence-corrected chi connectivity index (χ0v) is 21.2. The van der Waals surface area contributed by atoms with Crippen LogP contribution in [-0.2, 0) is 9.59 Å². The van der Waals surface area contributed by atoms with E-state index in [1.165, 1.54) is 44.9 Å². The van der Waals surface area contributed by atoms with Gasteiger partial charge in [-0.1, -0.05) is 54.4 Å². The molecule has 0 spiro atoms. The van der Waals surface area contributed by atoms with Crippen molar-refractivity contribution in [3.63, 3.8) is 0 Å². The molecule has 0 aromatic carbocycles. The molecule has 4 rings (SSSR count). The van der Waals surface area contributed by atoms with Crippen LogP contribution in [0, 0.1) is 58.2 Å².